The van der Waals surface area contributed by atoms with Crippen molar-refractivity contribution in [3.8, 4) is 11.3 Å². The number of nitrogens with one attached hydrogen (secondary N) is 2. The van der Waals surface area contributed by atoms with Crippen LogP contribution >= 0.6 is 23.2 Å². The van der Waals surface area contributed by atoms with Crippen LogP contribution < -0.4 is 10.6 Å². The lowest BCUT2D eigenvalue weighted by Gasteiger charge is -2.07. The summed E-state index contributed by atoms with van der Waals surface area (Å²) < 4.78 is 5.10. The van der Waals surface area contributed by atoms with E-state index in [2.05, 4.69) is 15.8 Å². The highest BCUT2D eigenvalue weighted by atomic mass is 35.5. The number of carbonyl (C=O) groups excluding carboxylic acids is 2. The van der Waals surface area contributed by atoms with E-state index < -0.39 is 5.91 Å². The third kappa shape index (κ3) is 3.87. The molecule has 0 radical (unpaired) electrons. The molecule has 0 unspecified atom stereocenters. The Kier molecular flexibility index (Phi) is 5.25. The third-order valence-corrected chi connectivity index (χ3v) is 4.12. The van der Waals surface area contributed by atoms with Gasteiger partial charge in [0.1, 0.15) is 5.69 Å². The summed E-state index contributed by atoms with van der Waals surface area (Å²) in [5, 5.41) is 9.84. The van der Waals surface area contributed by atoms with E-state index in [1.54, 1.807) is 30.3 Å². The Hall–Kier alpha value is -2.83. The highest BCUT2D eigenvalue weighted by Crippen LogP contribution is 2.25. The standard InChI is InChI=1S/C18H13Cl2N3O3/c1-21-17(24)11-5-6-13(20)15(8-11)22-18(25)16-9-14(23-26-16)10-3-2-4-12(19)7-10/h2-9H,1H3,(H,21,24)(H,22,25). The lowest BCUT2D eigenvalue weighted by Crippen LogP contribution is -2.18. The molecule has 2 aromatic carbocycles. The summed E-state index contributed by atoms with van der Waals surface area (Å²) in [7, 11) is 1.51. The van der Waals surface area contributed by atoms with Crippen molar-refractivity contribution in [2.45, 2.75) is 0 Å². The second-order valence-corrected chi connectivity index (χ2v) is 6.16. The summed E-state index contributed by atoms with van der Waals surface area (Å²) >= 11 is 12.0. The zero-order valence-electron chi connectivity index (χ0n) is 13.5. The molecule has 6 nitrogen and oxygen atoms in total. The molecule has 0 bridgehead atoms. The van der Waals surface area contributed by atoms with E-state index in [0.29, 0.717) is 27.0 Å². The summed E-state index contributed by atoms with van der Waals surface area (Å²) in [6.45, 7) is 0. The van der Waals surface area contributed by atoms with Crippen LogP contribution in [0.15, 0.2) is 53.1 Å². The minimum Gasteiger partial charge on any atom is -0.355 e. The molecule has 0 aliphatic heterocycles. The van der Waals surface area contributed by atoms with Gasteiger partial charge in [-0.1, -0.05) is 40.5 Å². The van der Waals surface area contributed by atoms with E-state index in [1.165, 1.54) is 25.2 Å². The minimum absolute atomic E-state index is 0.00129. The number of aromatic nitrogens is 1. The first-order valence-corrected chi connectivity index (χ1v) is 8.29. The number of benzene rings is 2. The molecule has 26 heavy (non-hydrogen) atoms. The average molecular weight is 390 g/mol. The summed E-state index contributed by atoms with van der Waals surface area (Å²) in [5.74, 6) is -0.830. The number of hydrogen-bond acceptors (Lipinski definition) is 4. The number of rotatable bonds is 4. The van der Waals surface area contributed by atoms with Gasteiger partial charge in [0, 0.05) is 29.3 Å². The van der Waals surface area contributed by atoms with Crippen LogP contribution in [-0.2, 0) is 0 Å². The molecule has 3 aromatic rings. The molecule has 0 saturated heterocycles. The van der Waals surface area contributed by atoms with Crippen LogP contribution in [0.5, 0.6) is 0 Å². The van der Waals surface area contributed by atoms with E-state index in [4.69, 9.17) is 27.7 Å². The topological polar surface area (TPSA) is 84.2 Å². The molecular formula is C18H13Cl2N3O3. The van der Waals surface area contributed by atoms with E-state index in [9.17, 15) is 9.59 Å². The van der Waals surface area contributed by atoms with E-state index in [0.717, 1.165) is 5.56 Å². The molecular weight excluding hydrogens is 377 g/mol. The van der Waals surface area contributed by atoms with Crippen molar-refractivity contribution < 1.29 is 14.1 Å². The van der Waals surface area contributed by atoms with Crippen molar-refractivity contribution in [2.24, 2.45) is 0 Å². The van der Waals surface area contributed by atoms with Crippen molar-refractivity contribution in [3.05, 3.63) is 69.9 Å². The van der Waals surface area contributed by atoms with Crippen molar-refractivity contribution >= 4 is 40.7 Å². The predicted octanol–water partition coefficient (Wildman–Crippen LogP) is 4.26. The molecule has 1 heterocycles. The molecule has 0 aliphatic carbocycles. The largest absolute Gasteiger partial charge is 0.355 e. The molecule has 0 spiro atoms. The summed E-state index contributed by atoms with van der Waals surface area (Å²) in [6.07, 6.45) is 0. The Morgan fingerprint density at radius 3 is 2.58 bits per heavy atom. The van der Waals surface area contributed by atoms with Gasteiger partial charge in [-0.25, -0.2) is 0 Å². The van der Waals surface area contributed by atoms with E-state index in [1.807, 2.05) is 0 Å². The molecule has 0 aliphatic rings. The summed E-state index contributed by atoms with van der Waals surface area (Å²) in [4.78, 5) is 24.1. The van der Waals surface area contributed by atoms with Crippen molar-refractivity contribution in [1.29, 1.82) is 0 Å². The second-order valence-electron chi connectivity index (χ2n) is 5.31. The number of amides is 2. The third-order valence-electron chi connectivity index (χ3n) is 3.56. The van der Waals surface area contributed by atoms with Gasteiger partial charge in [0.15, 0.2) is 0 Å². The number of nitrogens with zero attached hydrogens (tertiary/aromatic N) is 1. The summed E-state index contributed by atoms with van der Waals surface area (Å²) in [6, 6.07) is 13.1. The van der Waals surface area contributed by atoms with Gasteiger partial charge in [0.05, 0.1) is 10.7 Å². The first-order valence-electron chi connectivity index (χ1n) is 7.53. The van der Waals surface area contributed by atoms with Crippen molar-refractivity contribution in [3.63, 3.8) is 0 Å². The fourth-order valence-electron chi connectivity index (χ4n) is 2.26. The molecule has 132 valence electrons. The van der Waals surface area contributed by atoms with Gasteiger partial charge >= 0.3 is 0 Å². The Bertz CT molecular complexity index is 985. The van der Waals surface area contributed by atoms with Crippen LogP contribution in [-0.4, -0.2) is 24.0 Å². The normalized spacial score (nSPS) is 10.4. The molecule has 1 aromatic heterocycles. The highest BCUT2D eigenvalue weighted by molar-refractivity contribution is 6.34. The lowest BCUT2D eigenvalue weighted by atomic mass is 10.1. The maximum absolute atomic E-state index is 12.4. The molecule has 3 rings (SSSR count). The van der Waals surface area contributed by atoms with Crippen molar-refractivity contribution in [1.82, 2.24) is 10.5 Å². The van der Waals surface area contributed by atoms with E-state index in [-0.39, 0.29) is 11.7 Å². The Labute approximate surface area is 159 Å². The van der Waals surface area contributed by atoms with Gasteiger partial charge in [-0.3, -0.25) is 9.59 Å². The van der Waals surface area contributed by atoms with Gasteiger partial charge < -0.3 is 15.2 Å². The Morgan fingerprint density at radius 1 is 1.04 bits per heavy atom. The van der Waals surface area contributed by atoms with Gasteiger partial charge in [-0.15, -0.1) is 0 Å². The zero-order chi connectivity index (χ0) is 18.7. The average Bonchev–Trinajstić information content (AvgIpc) is 3.13. The molecule has 2 amide bonds. The van der Waals surface area contributed by atoms with Crippen LogP contribution in [0.1, 0.15) is 20.9 Å². The highest BCUT2D eigenvalue weighted by Gasteiger charge is 2.16. The van der Waals surface area contributed by atoms with Crippen LogP contribution in [0.2, 0.25) is 10.0 Å². The zero-order valence-corrected chi connectivity index (χ0v) is 15.1. The minimum atomic E-state index is -0.540. The first kappa shape index (κ1) is 18.0. The summed E-state index contributed by atoms with van der Waals surface area (Å²) in [5.41, 5.74) is 1.85. The fourth-order valence-corrected chi connectivity index (χ4v) is 2.61. The van der Waals surface area contributed by atoms with Crippen LogP contribution in [0.25, 0.3) is 11.3 Å². The molecule has 2 N–H and O–H groups in total. The van der Waals surface area contributed by atoms with Gasteiger partial charge in [-0.05, 0) is 30.3 Å². The molecule has 8 heteroatoms. The van der Waals surface area contributed by atoms with Crippen LogP contribution in [0.3, 0.4) is 0 Å². The molecule has 0 atom stereocenters. The van der Waals surface area contributed by atoms with Gasteiger partial charge in [-0.2, -0.15) is 0 Å². The van der Waals surface area contributed by atoms with Crippen molar-refractivity contribution in [2.75, 3.05) is 12.4 Å². The lowest BCUT2D eigenvalue weighted by molar-refractivity contribution is 0.0959. The number of anilines is 1. The number of carbonyl (C=O) groups is 2. The smallest absolute Gasteiger partial charge is 0.294 e. The Morgan fingerprint density at radius 2 is 1.85 bits per heavy atom. The molecule has 0 fully saturated rings. The predicted molar refractivity (Wildman–Crippen MR) is 99.7 cm³/mol. The van der Waals surface area contributed by atoms with E-state index >= 15 is 0 Å². The fraction of sp³-hybridized carbons (Fsp3) is 0.0556. The number of halogens is 2. The van der Waals surface area contributed by atoms with Crippen LogP contribution in [0, 0.1) is 0 Å². The number of hydrogen-bond donors (Lipinski definition) is 2. The monoisotopic (exact) mass is 389 g/mol. The van der Waals surface area contributed by atoms with Gasteiger partial charge in [0.25, 0.3) is 11.8 Å². The van der Waals surface area contributed by atoms with Gasteiger partial charge in [0.2, 0.25) is 5.76 Å². The second kappa shape index (κ2) is 7.59. The Balaban J connectivity index is 1.82. The quantitative estimate of drug-likeness (QED) is 0.697. The van der Waals surface area contributed by atoms with Crippen LogP contribution in [0.4, 0.5) is 5.69 Å². The molecule has 0 saturated carbocycles. The maximum Gasteiger partial charge on any atom is 0.294 e. The maximum atomic E-state index is 12.4. The SMILES string of the molecule is CNC(=O)c1ccc(Cl)c(NC(=O)c2cc(-c3cccc(Cl)c3)no2)c1. The first-order chi connectivity index (χ1) is 12.5.